The minimum absolute atomic E-state index is 0.560. The number of hydrogen-bond donors (Lipinski definition) is 2. The molecule has 94 valence electrons. The van der Waals surface area contributed by atoms with Gasteiger partial charge in [-0.05, 0) is 17.2 Å². The summed E-state index contributed by atoms with van der Waals surface area (Å²) in [7, 11) is 0. The quantitative estimate of drug-likeness (QED) is 0.866. The molecule has 2 aromatic rings. The number of hydrogen-bond acceptors (Lipinski definition) is 4. The fourth-order valence-corrected chi connectivity index (χ4v) is 1.79. The van der Waals surface area contributed by atoms with Crippen molar-refractivity contribution in [1.82, 2.24) is 9.97 Å². The lowest BCUT2D eigenvalue weighted by Gasteiger charge is -2.05. The van der Waals surface area contributed by atoms with Crippen LogP contribution in [0.15, 0.2) is 36.7 Å². The van der Waals surface area contributed by atoms with E-state index in [-0.39, 0.29) is 0 Å². The van der Waals surface area contributed by atoms with Crippen molar-refractivity contribution in [2.24, 2.45) is 5.73 Å². The second-order valence-electron chi connectivity index (χ2n) is 3.90. The van der Waals surface area contributed by atoms with Crippen molar-refractivity contribution in [2.45, 2.75) is 6.42 Å². The summed E-state index contributed by atoms with van der Waals surface area (Å²) in [4.78, 5) is 8.44. The van der Waals surface area contributed by atoms with Crippen molar-refractivity contribution in [3.05, 3.63) is 52.8 Å². The third-order valence-electron chi connectivity index (χ3n) is 2.49. The number of halogens is 1. The van der Waals surface area contributed by atoms with Crippen LogP contribution in [-0.2, 0) is 6.42 Å². The molecule has 1 aromatic carbocycles. The molecule has 1 heterocycles. The predicted molar refractivity (Wildman–Crippen MR) is 73.8 cm³/mol. The maximum Gasteiger partial charge on any atom is 0.222 e. The van der Waals surface area contributed by atoms with Gasteiger partial charge < -0.3 is 11.1 Å². The molecule has 0 aliphatic carbocycles. The molecule has 4 nitrogen and oxygen atoms in total. The van der Waals surface area contributed by atoms with E-state index in [1.165, 1.54) is 0 Å². The van der Waals surface area contributed by atoms with Crippen LogP contribution < -0.4 is 11.1 Å². The smallest absolute Gasteiger partial charge is 0.222 e. The van der Waals surface area contributed by atoms with Crippen LogP contribution in [0.4, 0.5) is 5.95 Å². The van der Waals surface area contributed by atoms with Crippen molar-refractivity contribution in [1.29, 1.82) is 0 Å². The van der Waals surface area contributed by atoms with Gasteiger partial charge in [0.2, 0.25) is 5.95 Å². The topological polar surface area (TPSA) is 63.8 Å². The number of nitrogens with zero attached hydrogens (tertiary/aromatic N) is 2. The molecule has 0 amide bonds. The summed E-state index contributed by atoms with van der Waals surface area (Å²) in [5, 5.41) is 3.79. The molecule has 0 unspecified atom stereocenters. The van der Waals surface area contributed by atoms with E-state index >= 15 is 0 Å². The predicted octanol–water partition coefficient (Wildman–Crippen LogP) is 2.09. The fraction of sp³-hybridized carbons (Fsp3) is 0.231. The van der Waals surface area contributed by atoms with Gasteiger partial charge in [-0.2, -0.15) is 0 Å². The molecule has 5 heteroatoms. The SMILES string of the molecule is NCCNc1ncc(Cc2ccccc2Cl)cn1. The molecule has 0 saturated carbocycles. The Labute approximate surface area is 111 Å². The Hall–Kier alpha value is -1.65. The Bertz CT molecular complexity index is 499. The van der Waals surface area contributed by atoms with E-state index < -0.39 is 0 Å². The van der Waals surface area contributed by atoms with Crippen LogP contribution >= 0.6 is 11.6 Å². The average Bonchev–Trinajstić information content (AvgIpc) is 2.41. The zero-order valence-electron chi connectivity index (χ0n) is 9.94. The Morgan fingerprint density at radius 3 is 2.56 bits per heavy atom. The van der Waals surface area contributed by atoms with E-state index in [0.29, 0.717) is 19.0 Å². The van der Waals surface area contributed by atoms with Gasteiger partial charge in [0, 0.05) is 36.9 Å². The number of aromatic nitrogens is 2. The normalized spacial score (nSPS) is 10.3. The summed E-state index contributed by atoms with van der Waals surface area (Å²) in [5.41, 5.74) is 7.50. The van der Waals surface area contributed by atoms with Crippen LogP contribution in [0.25, 0.3) is 0 Å². The van der Waals surface area contributed by atoms with E-state index in [4.69, 9.17) is 17.3 Å². The molecule has 3 N–H and O–H groups in total. The third-order valence-corrected chi connectivity index (χ3v) is 2.85. The fourth-order valence-electron chi connectivity index (χ4n) is 1.58. The van der Waals surface area contributed by atoms with E-state index in [1.807, 2.05) is 24.3 Å². The number of nitrogens with two attached hydrogens (primary N) is 1. The highest BCUT2D eigenvalue weighted by Gasteiger charge is 2.02. The monoisotopic (exact) mass is 262 g/mol. The van der Waals surface area contributed by atoms with Crippen molar-refractivity contribution in [2.75, 3.05) is 18.4 Å². The summed E-state index contributed by atoms with van der Waals surface area (Å²) < 4.78 is 0. The van der Waals surface area contributed by atoms with Crippen LogP contribution in [0.3, 0.4) is 0 Å². The van der Waals surface area contributed by atoms with Gasteiger partial charge in [-0.3, -0.25) is 0 Å². The molecular formula is C13H15ClN4. The van der Waals surface area contributed by atoms with Gasteiger partial charge in [0.1, 0.15) is 0 Å². The van der Waals surface area contributed by atoms with Crippen molar-refractivity contribution in [3.8, 4) is 0 Å². The minimum atomic E-state index is 0.560. The number of rotatable bonds is 5. The van der Waals surface area contributed by atoms with Gasteiger partial charge in [0.25, 0.3) is 0 Å². The van der Waals surface area contributed by atoms with Gasteiger partial charge in [0.15, 0.2) is 0 Å². The van der Waals surface area contributed by atoms with E-state index in [1.54, 1.807) is 12.4 Å². The highest BCUT2D eigenvalue weighted by molar-refractivity contribution is 6.31. The van der Waals surface area contributed by atoms with Gasteiger partial charge in [-0.15, -0.1) is 0 Å². The third kappa shape index (κ3) is 3.42. The second kappa shape index (κ2) is 6.33. The summed E-state index contributed by atoms with van der Waals surface area (Å²) >= 11 is 6.11. The van der Waals surface area contributed by atoms with Crippen LogP contribution in [0.2, 0.25) is 5.02 Å². The first kappa shape index (κ1) is 12.8. The summed E-state index contributed by atoms with van der Waals surface area (Å²) in [6, 6.07) is 7.78. The molecule has 0 radical (unpaired) electrons. The lowest BCUT2D eigenvalue weighted by atomic mass is 10.1. The molecule has 18 heavy (non-hydrogen) atoms. The number of benzene rings is 1. The van der Waals surface area contributed by atoms with E-state index in [2.05, 4.69) is 15.3 Å². The van der Waals surface area contributed by atoms with E-state index in [0.717, 1.165) is 22.6 Å². The zero-order valence-corrected chi connectivity index (χ0v) is 10.7. The molecule has 0 atom stereocenters. The van der Waals surface area contributed by atoms with Crippen molar-refractivity contribution >= 4 is 17.5 Å². The summed E-state index contributed by atoms with van der Waals surface area (Å²) in [6.07, 6.45) is 4.33. The van der Waals surface area contributed by atoms with Crippen LogP contribution in [0.5, 0.6) is 0 Å². The summed E-state index contributed by atoms with van der Waals surface area (Å²) in [5.74, 6) is 0.600. The molecule has 2 rings (SSSR count). The number of anilines is 1. The molecule has 0 aliphatic heterocycles. The van der Waals surface area contributed by atoms with Crippen LogP contribution in [0.1, 0.15) is 11.1 Å². The van der Waals surface area contributed by atoms with Gasteiger partial charge in [0.05, 0.1) is 0 Å². The van der Waals surface area contributed by atoms with Crippen molar-refractivity contribution in [3.63, 3.8) is 0 Å². The Morgan fingerprint density at radius 1 is 1.17 bits per heavy atom. The van der Waals surface area contributed by atoms with Gasteiger partial charge in [-0.1, -0.05) is 29.8 Å². The average molecular weight is 263 g/mol. The standard InChI is InChI=1S/C13H15ClN4/c14-12-4-2-1-3-11(12)7-10-8-17-13(18-9-10)16-6-5-15/h1-4,8-9H,5-7,15H2,(H,16,17,18). The number of nitrogens with one attached hydrogen (secondary N) is 1. The Balaban J connectivity index is 2.04. The van der Waals surface area contributed by atoms with Crippen molar-refractivity contribution < 1.29 is 0 Å². The first-order chi connectivity index (χ1) is 8.79. The highest BCUT2D eigenvalue weighted by atomic mass is 35.5. The van der Waals surface area contributed by atoms with E-state index in [9.17, 15) is 0 Å². The molecule has 0 aliphatic rings. The molecule has 0 saturated heterocycles. The molecular weight excluding hydrogens is 248 g/mol. The summed E-state index contributed by atoms with van der Waals surface area (Å²) in [6.45, 7) is 1.23. The largest absolute Gasteiger partial charge is 0.353 e. The van der Waals surface area contributed by atoms with Crippen LogP contribution in [0, 0.1) is 0 Å². The maximum absolute atomic E-state index is 6.11. The lowest BCUT2D eigenvalue weighted by Crippen LogP contribution is -2.14. The zero-order chi connectivity index (χ0) is 12.8. The molecule has 0 bridgehead atoms. The lowest BCUT2D eigenvalue weighted by molar-refractivity contribution is 0.978. The van der Waals surface area contributed by atoms with Crippen LogP contribution in [-0.4, -0.2) is 23.1 Å². The first-order valence-electron chi connectivity index (χ1n) is 5.78. The maximum atomic E-state index is 6.11. The molecule has 0 spiro atoms. The molecule has 1 aromatic heterocycles. The minimum Gasteiger partial charge on any atom is -0.353 e. The van der Waals surface area contributed by atoms with Gasteiger partial charge in [-0.25, -0.2) is 9.97 Å². The Kier molecular flexibility index (Phi) is 4.50. The first-order valence-corrected chi connectivity index (χ1v) is 6.15. The Morgan fingerprint density at radius 2 is 1.89 bits per heavy atom. The highest BCUT2D eigenvalue weighted by Crippen LogP contribution is 2.18. The molecule has 0 fully saturated rings. The van der Waals surface area contributed by atoms with Gasteiger partial charge >= 0.3 is 0 Å². The second-order valence-corrected chi connectivity index (χ2v) is 4.31.